The molecule has 0 bridgehead atoms. The minimum Gasteiger partial charge on any atom is -0.478 e. The van der Waals surface area contributed by atoms with Gasteiger partial charge in [-0.25, -0.2) is 13.2 Å². The van der Waals surface area contributed by atoms with E-state index in [1.165, 1.54) is 23.5 Å². The fraction of sp³-hybridized carbons (Fsp3) is 0.267. The predicted octanol–water partition coefficient (Wildman–Crippen LogP) is 3.03. The van der Waals surface area contributed by atoms with Crippen LogP contribution in [0.4, 0.5) is 0 Å². The molecular weight excluding hydrogens is 308 g/mol. The highest BCUT2D eigenvalue weighted by atomic mass is 32.2. The number of aromatic carboxylic acids is 1. The van der Waals surface area contributed by atoms with Crippen molar-refractivity contribution in [3.8, 4) is 0 Å². The van der Waals surface area contributed by atoms with E-state index in [1.54, 1.807) is 6.07 Å². The first kappa shape index (κ1) is 15.7. The predicted molar refractivity (Wildman–Crippen MR) is 82.9 cm³/mol. The van der Waals surface area contributed by atoms with Crippen LogP contribution in [0, 0.1) is 0 Å². The van der Waals surface area contributed by atoms with Crippen molar-refractivity contribution in [1.29, 1.82) is 0 Å². The maximum Gasteiger partial charge on any atom is 0.335 e. The molecule has 1 aromatic heterocycles. The van der Waals surface area contributed by atoms with Crippen LogP contribution >= 0.6 is 11.3 Å². The summed E-state index contributed by atoms with van der Waals surface area (Å²) in [6.07, 6.45) is 0.985. The summed E-state index contributed by atoms with van der Waals surface area (Å²) in [5.41, 5.74) is 1.64. The molecule has 0 saturated heterocycles. The lowest BCUT2D eigenvalue weighted by Crippen LogP contribution is -2.12. The lowest BCUT2D eigenvalue weighted by molar-refractivity contribution is 0.0696. The van der Waals surface area contributed by atoms with Crippen LogP contribution in [0.1, 0.15) is 28.4 Å². The smallest absolute Gasteiger partial charge is 0.335 e. The SMILES string of the molecule is CCc1ccc(C(=O)O)cc1S(=O)(=O)CCc1ccsc1. The molecule has 0 amide bonds. The van der Waals surface area contributed by atoms with Gasteiger partial charge in [-0.3, -0.25) is 0 Å². The van der Waals surface area contributed by atoms with Crippen LogP contribution in [0.15, 0.2) is 39.9 Å². The number of carboxylic acids is 1. The van der Waals surface area contributed by atoms with Crippen molar-refractivity contribution in [1.82, 2.24) is 0 Å². The summed E-state index contributed by atoms with van der Waals surface area (Å²) < 4.78 is 25.0. The molecule has 0 aliphatic rings. The zero-order valence-electron chi connectivity index (χ0n) is 11.6. The van der Waals surface area contributed by atoms with Crippen LogP contribution < -0.4 is 0 Å². The number of hydrogen-bond donors (Lipinski definition) is 1. The molecule has 4 nitrogen and oxygen atoms in total. The van der Waals surface area contributed by atoms with Gasteiger partial charge in [-0.1, -0.05) is 13.0 Å². The number of sulfone groups is 1. The summed E-state index contributed by atoms with van der Waals surface area (Å²) in [6.45, 7) is 1.85. The Bertz CT molecular complexity index is 731. The van der Waals surface area contributed by atoms with Crippen molar-refractivity contribution in [2.75, 3.05) is 5.75 Å². The van der Waals surface area contributed by atoms with Crippen molar-refractivity contribution >= 4 is 27.1 Å². The molecular formula is C15H16O4S2. The van der Waals surface area contributed by atoms with Crippen LogP contribution in [0.25, 0.3) is 0 Å². The topological polar surface area (TPSA) is 71.4 Å². The van der Waals surface area contributed by atoms with Gasteiger partial charge in [0.25, 0.3) is 0 Å². The maximum atomic E-state index is 12.5. The van der Waals surface area contributed by atoms with E-state index >= 15 is 0 Å². The molecule has 0 aliphatic carbocycles. The maximum absolute atomic E-state index is 12.5. The van der Waals surface area contributed by atoms with Gasteiger partial charge >= 0.3 is 5.97 Å². The normalized spacial score (nSPS) is 11.5. The Labute approximate surface area is 128 Å². The Morgan fingerprint density at radius 1 is 1.29 bits per heavy atom. The number of rotatable bonds is 6. The molecule has 0 atom stereocenters. The Balaban J connectivity index is 2.33. The van der Waals surface area contributed by atoms with E-state index in [0.717, 1.165) is 5.56 Å². The van der Waals surface area contributed by atoms with Gasteiger partial charge in [0.2, 0.25) is 0 Å². The Morgan fingerprint density at radius 2 is 2.05 bits per heavy atom. The van der Waals surface area contributed by atoms with E-state index in [9.17, 15) is 13.2 Å². The van der Waals surface area contributed by atoms with Crippen molar-refractivity contribution < 1.29 is 18.3 Å². The van der Waals surface area contributed by atoms with Gasteiger partial charge in [-0.05, 0) is 52.9 Å². The fourth-order valence-electron chi connectivity index (χ4n) is 2.07. The number of carbonyl (C=O) groups is 1. The van der Waals surface area contributed by atoms with Gasteiger partial charge in [0.15, 0.2) is 9.84 Å². The molecule has 21 heavy (non-hydrogen) atoms. The van der Waals surface area contributed by atoms with Crippen molar-refractivity contribution in [2.24, 2.45) is 0 Å². The summed E-state index contributed by atoms with van der Waals surface area (Å²) >= 11 is 1.53. The average molecular weight is 324 g/mol. The molecule has 6 heteroatoms. The van der Waals surface area contributed by atoms with Crippen LogP contribution in [0.5, 0.6) is 0 Å². The van der Waals surface area contributed by atoms with E-state index in [1.807, 2.05) is 23.8 Å². The van der Waals surface area contributed by atoms with Gasteiger partial charge in [-0.2, -0.15) is 11.3 Å². The molecule has 0 aliphatic heterocycles. The highest BCUT2D eigenvalue weighted by Gasteiger charge is 2.20. The Hall–Kier alpha value is -1.66. The molecule has 0 unspecified atom stereocenters. The molecule has 0 saturated carbocycles. The summed E-state index contributed by atoms with van der Waals surface area (Å²) in [5, 5.41) is 12.9. The van der Waals surface area contributed by atoms with Gasteiger partial charge < -0.3 is 5.11 Å². The van der Waals surface area contributed by atoms with E-state index in [2.05, 4.69) is 0 Å². The lowest BCUT2D eigenvalue weighted by Gasteiger charge is -2.10. The third-order valence-corrected chi connectivity index (χ3v) is 5.79. The quantitative estimate of drug-likeness (QED) is 0.886. The monoisotopic (exact) mass is 324 g/mol. The van der Waals surface area contributed by atoms with Gasteiger partial charge in [0.05, 0.1) is 16.2 Å². The van der Waals surface area contributed by atoms with Crippen molar-refractivity contribution in [3.05, 3.63) is 51.7 Å². The van der Waals surface area contributed by atoms with Crippen LogP contribution in [-0.4, -0.2) is 25.2 Å². The second kappa shape index (κ2) is 6.41. The number of hydrogen-bond acceptors (Lipinski definition) is 4. The second-order valence-electron chi connectivity index (χ2n) is 4.68. The number of aryl methyl sites for hydroxylation is 2. The fourth-order valence-corrected chi connectivity index (χ4v) is 4.41. The number of thiophene rings is 1. The van der Waals surface area contributed by atoms with Gasteiger partial charge in [0, 0.05) is 0 Å². The Kier molecular flexibility index (Phi) is 4.80. The first-order valence-corrected chi connectivity index (χ1v) is 9.13. The van der Waals surface area contributed by atoms with Crippen LogP contribution in [0.2, 0.25) is 0 Å². The summed E-state index contributed by atoms with van der Waals surface area (Å²) in [4.78, 5) is 11.2. The van der Waals surface area contributed by atoms with Crippen LogP contribution in [0.3, 0.4) is 0 Å². The molecule has 1 N–H and O–H groups in total. The first-order valence-electron chi connectivity index (χ1n) is 6.54. The first-order chi connectivity index (χ1) is 9.94. The molecule has 0 radical (unpaired) electrons. The third kappa shape index (κ3) is 3.71. The van der Waals surface area contributed by atoms with Crippen LogP contribution in [-0.2, 0) is 22.7 Å². The number of benzene rings is 1. The van der Waals surface area contributed by atoms with E-state index < -0.39 is 15.8 Å². The van der Waals surface area contributed by atoms with E-state index in [4.69, 9.17) is 5.11 Å². The average Bonchev–Trinajstić information content (AvgIpc) is 2.98. The van der Waals surface area contributed by atoms with E-state index in [0.29, 0.717) is 18.4 Å². The Morgan fingerprint density at radius 3 is 2.62 bits per heavy atom. The summed E-state index contributed by atoms with van der Waals surface area (Å²) in [6, 6.07) is 6.19. The molecule has 2 rings (SSSR count). The molecule has 1 aromatic carbocycles. The van der Waals surface area contributed by atoms with Gasteiger partial charge in [-0.15, -0.1) is 0 Å². The minimum atomic E-state index is -3.49. The highest BCUT2D eigenvalue weighted by molar-refractivity contribution is 7.91. The van der Waals surface area contributed by atoms with Crippen molar-refractivity contribution in [2.45, 2.75) is 24.7 Å². The molecule has 0 fully saturated rings. The standard InChI is InChI=1S/C15H16O4S2/c1-2-12-3-4-13(15(16)17)9-14(12)21(18,19)8-6-11-5-7-20-10-11/h3-5,7,9-10H,2,6,8H2,1H3,(H,16,17). The van der Waals surface area contributed by atoms with E-state index in [-0.39, 0.29) is 16.2 Å². The third-order valence-electron chi connectivity index (χ3n) is 3.27. The largest absolute Gasteiger partial charge is 0.478 e. The number of carboxylic acid groups (broad SMARTS) is 1. The highest BCUT2D eigenvalue weighted by Crippen LogP contribution is 2.21. The zero-order chi connectivity index (χ0) is 15.5. The van der Waals surface area contributed by atoms with Gasteiger partial charge in [0.1, 0.15) is 0 Å². The van der Waals surface area contributed by atoms with Crippen molar-refractivity contribution in [3.63, 3.8) is 0 Å². The second-order valence-corrected chi connectivity index (χ2v) is 7.54. The minimum absolute atomic E-state index is 0.00121. The summed E-state index contributed by atoms with van der Waals surface area (Å²) in [7, 11) is -3.49. The molecule has 1 heterocycles. The summed E-state index contributed by atoms with van der Waals surface area (Å²) in [5.74, 6) is -1.13. The molecule has 2 aromatic rings. The zero-order valence-corrected chi connectivity index (χ0v) is 13.2. The lowest BCUT2D eigenvalue weighted by atomic mass is 10.1. The molecule has 112 valence electrons. The molecule has 0 spiro atoms.